The fraction of sp³-hybridized carbons (Fsp3) is 0.579. The zero-order chi connectivity index (χ0) is 16.2. The number of carbonyl (C=O) groups excluding carboxylic acids is 2. The standard InChI is InChI=1S/C19H25NO3/c1-14-8-10-20(11-9-14)18(21)13-23-19(22)17-7-6-15-4-2-3-5-16(15)12-17/h6-7,12,14H,2-5,8-11,13H2,1H3. The van der Waals surface area contributed by atoms with Crippen LogP contribution in [0.1, 0.15) is 54.1 Å². The zero-order valence-corrected chi connectivity index (χ0v) is 13.8. The van der Waals surface area contributed by atoms with E-state index < -0.39 is 5.97 Å². The normalized spacial score (nSPS) is 18.4. The molecule has 2 aliphatic rings. The van der Waals surface area contributed by atoms with Crippen molar-refractivity contribution in [3.63, 3.8) is 0 Å². The van der Waals surface area contributed by atoms with Gasteiger partial charge in [0.2, 0.25) is 0 Å². The SMILES string of the molecule is CC1CCN(C(=O)COC(=O)c2ccc3c(c2)CCCC3)CC1. The summed E-state index contributed by atoms with van der Waals surface area (Å²) in [4.78, 5) is 26.1. The van der Waals surface area contributed by atoms with Crippen molar-refractivity contribution in [2.24, 2.45) is 5.92 Å². The summed E-state index contributed by atoms with van der Waals surface area (Å²) in [6.45, 7) is 3.61. The molecule has 0 aromatic heterocycles. The number of hydrogen-bond acceptors (Lipinski definition) is 3. The first kappa shape index (κ1) is 16.0. The fourth-order valence-electron chi connectivity index (χ4n) is 3.42. The van der Waals surface area contributed by atoms with Crippen LogP contribution in [0.5, 0.6) is 0 Å². The molecule has 23 heavy (non-hydrogen) atoms. The van der Waals surface area contributed by atoms with Gasteiger partial charge in [-0.05, 0) is 67.7 Å². The van der Waals surface area contributed by atoms with Crippen LogP contribution >= 0.6 is 0 Å². The molecule has 0 N–H and O–H groups in total. The highest BCUT2D eigenvalue weighted by Gasteiger charge is 2.21. The van der Waals surface area contributed by atoms with Crippen LogP contribution in [0.25, 0.3) is 0 Å². The molecule has 1 aromatic carbocycles. The highest BCUT2D eigenvalue weighted by atomic mass is 16.5. The number of amides is 1. The fourth-order valence-corrected chi connectivity index (χ4v) is 3.42. The number of ether oxygens (including phenoxy) is 1. The van der Waals surface area contributed by atoms with Crippen molar-refractivity contribution in [3.05, 3.63) is 34.9 Å². The van der Waals surface area contributed by atoms with Crippen molar-refractivity contribution in [1.82, 2.24) is 4.90 Å². The second kappa shape index (κ2) is 7.16. The lowest BCUT2D eigenvalue weighted by Gasteiger charge is -2.30. The molecule has 4 heteroatoms. The van der Waals surface area contributed by atoms with Crippen molar-refractivity contribution in [2.75, 3.05) is 19.7 Å². The van der Waals surface area contributed by atoms with E-state index in [-0.39, 0.29) is 12.5 Å². The minimum absolute atomic E-state index is 0.0804. The van der Waals surface area contributed by atoms with E-state index in [1.807, 2.05) is 18.2 Å². The van der Waals surface area contributed by atoms with Gasteiger partial charge < -0.3 is 9.64 Å². The quantitative estimate of drug-likeness (QED) is 0.806. The third kappa shape index (κ3) is 3.92. The largest absolute Gasteiger partial charge is 0.452 e. The molecule has 1 fully saturated rings. The van der Waals surface area contributed by atoms with Crippen molar-refractivity contribution in [3.8, 4) is 0 Å². The predicted octanol–water partition coefficient (Wildman–Crippen LogP) is 2.98. The molecule has 0 radical (unpaired) electrons. The molecule has 3 rings (SSSR count). The minimum Gasteiger partial charge on any atom is -0.452 e. The van der Waals surface area contributed by atoms with Gasteiger partial charge in [-0.1, -0.05) is 13.0 Å². The van der Waals surface area contributed by atoms with Gasteiger partial charge in [-0.15, -0.1) is 0 Å². The van der Waals surface area contributed by atoms with E-state index in [0.717, 1.165) is 38.8 Å². The van der Waals surface area contributed by atoms with Crippen molar-refractivity contribution >= 4 is 11.9 Å². The maximum atomic E-state index is 12.2. The van der Waals surface area contributed by atoms with E-state index in [2.05, 4.69) is 6.92 Å². The van der Waals surface area contributed by atoms with Crippen LogP contribution in [0, 0.1) is 5.92 Å². The molecule has 0 atom stereocenters. The first-order valence-electron chi connectivity index (χ1n) is 8.70. The highest BCUT2D eigenvalue weighted by molar-refractivity contribution is 5.91. The lowest BCUT2D eigenvalue weighted by atomic mass is 9.90. The van der Waals surface area contributed by atoms with Gasteiger partial charge >= 0.3 is 5.97 Å². The smallest absolute Gasteiger partial charge is 0.338 e. The van der Waals surface area contributed by atoms with Crippen LogP contribution in [-0.4, -0.2) is 36.5 Å². The number of nitrogens with zero attached hydrogens (tertiary/aromatic N) is 1. The Kier molecular flexibility index (Phi) is 4.99. The number of benzene rings is 1. The molecule has 0 bridgehead atoms. The number of esters is 1. The molecule has 4 nitrogen and oxygen atoms in total. The molecular weight excluding hydrogens is 290 g/mol. The number of hydrogen-bond donors (Lipinski definition) is 0. The summed E-state index contributed by atoms with van der Waals surface area (Å²) in [5.74, 6) is 0.206. The molecule has 0 saturated carbocycles. The van der Waals surface area contributed by atoms with Crippen LogP contribution < -0.4 is 0 Å². The lowest BCUT2D eigenvalue weighted by molar-refractivity contribution is -0.135. The van der Waals surface area contributed by atoms with Gasteiger partial charge in [0.25, 0.3) is 5.91 Å². The van der Waals surface area contributed by atoms with Crippen molar-refractivity contribution < 1.29 is 14.3 Å². The molecule has 1 amide bonds. The van der Waals surface area contributed by atoms with Crippen molar-refractivity contribution in [2.45, 2.75) is 45.4 Å². The summed E-state index contributed by atoms with van der Waals surface area (Å²) in [6, 6.07) is 5.78. The van der Waals surface area contributed by atoms with Crippen LogP contribution in [0.2, 0.25) is 0 Å². The maximum absolute atomic E-state index is 12.2. The molecule has 1 aliphatic heterocycles. The van der Waals surface area contributed by atoms with Crippen molar-refractivity contribution in [1.29, 1.82) is 0 Å². The van der Waals surface area contributed by atoms with Gasteiger partial charge in [-0.3, -0.25) is 4.79 Å². The Morgan fingerprint density at radius 1 is 1.13 bits per heavy atom. The van der Waals surface area contributed by atoms with E-state index in [1.54, 1.807) is 4.90 Å². The van der Waals surface area contributed by atoms with Crippen LogP contribution in [0.3, 0.4) is 0 Å². The second-order valence-corrected chi connectivity index (χ2v) is 6.83. The predicted molar refractivity (Wildman–Crippen MR) is 88.3 cm³/mol. The van der Waals surface area contributed by atoms with E-state index in [9.17, 15) is 9.59 Å². The average Bonchev–Trinajstić information content (AvgIpc) is 2.59. The van der Waals surface area contributed by atoms with Crippen LogP contribution in [-0.2, 0) is 22.4 Å². The highest BCUT2D eigenvalue weighted by Crippen LogP contribution is 2.22. The molecular formula is C19H25NO3. The zero-order valence-electron chi connectivity index (χ0n) is 13.8. The summed E-state index contributed by atoms with van der Waals surface area (Å²) < 4.78 is 5.23. The molecule has 1 heterocycles. The second-order valence-electron chi connectivity index (χ2n) is 6.83. The number of carbonyl (C=O) groups is 2. The first-order valence-corrected chi connectivity index (χ1v) is 8.70. The van der Waals surface area contributed by atoms with Gasteiger partial charge in [0.1, 0.15) is 0 Å². The van der Waals surface area contributed by atoms with Crippen LogP contribution in [0.15, 0.2) is 18.2 Å². The topological polar surface area (TPSA) is 46.6 Å². The lowest BCUT2D eigenvalue weighted by Crippen LogP contribution is -2.40. The van der Waals surface area contributed by atoms with Gasteiger partial charge in [-0.25, -0.2) is 4.79 Å². The average molecular weight is 315 g/mol. The number of aryl methyl sites for hydroxylation is 2. The molecule has 124 valence electrons. The Morgan fingerprint density at radius 3 is 2.57 bits per heavy atom. The van der Waals surface area contributed by atoms with Gasteiger partial charge in [0.05, 0.1) is 5.56 Å². The Balaban J connectivity index is 1.54. The first-order chi connectivity index (χ1) is 11.1. The molecule has 0 unspecified atom stereocenters. The van der Waals surface area contributed by atoms with E-state index in [1.165, 1.54) is 24.0 Å². The van der Waals surface area contributed by atoms with E-state index >= 15 is 0 Å². The molecule has 1 aliphatic carbocycles. The molecule has 0 spiro atoms. The Morgan fingerprint density at radius 2 is 1.83 bits per heavy atom. The summed E-state index contributed by atoms with van der Waals surface area (Å²) in [5, 5.41) is 0. The molecule has 1 aromatic rings. The van der Waals surface area contributed by atoms with Gasteiger partial charge in [0.15, 0.2) is 6.61 Å². The minimum atomic E-state index is -0.392. The number of piperidine rings is 1. The maximum Gasteiger partial charge on any atom is 0.338 e. The number of rotatable bonds is 3. The Labute approximate surface area is 137 Å². The molecule has 1 saturated heterocycles. The summed E-state index contributed by atoms with van der Waals surface area (Å²) in [5.41, 5.74) is 3.15. The van der Waals surface area contributed by atoms with E-state index in [4.69, 9.17) is 4.74 Å². The van der Waals surface area contributed by atoms with E-state index in [0.29, 0.717) is 11.5 Å². The number of fused-ring (bicyclic) bond motifs is 1. The van der Waals surface area contributed by atoms with Crippen LogP contribution in [0.4, 0.5) is 0 Å². The van der Waals surface area contributed by atoms with Gasteiger partial charge in [-0.2, -0.15) is 0 Å². The Hall–Kier alpha value is -1.84. The summed E-state index contributed by atoms with van der Waals surface area (Å²) in [6.07, 6.45) is 6.59. The monoisotopic (exact) mass is 315 g/mol. The third-order valence-electron chi connectivity index (χ3n) is 5.05. The Bertz CT molecular complexity index is 588. The van der Waals surface area contributed by atoms with Gasteiger partial charge in [0, 0.05) is 13.1 Å². The number of likely N-dealkylation sites (tertiary alicyclic amines) is 1. The summed E-state index contributed by atoms with van der Waals surface area (Å²) >= 11 is 0. The summed E-state index contributed by atoms with van der Waals surface area (Å²) in [7, 11) is 0. The third-order valence-corrected chi connectivity index (χ3v) is 5.05.